The van der Waals surface area contributed by atoms with Gasteiger partial charge in [0.05, 0.1) is 52.6 Å². The first-order valence-corrected chi connectivity index (χ1v) is 21.8. The van der Waals surface area contributed by atoms with Gasteiger partial charge < -0.3 is 29.3 Å². The number of benzene rings is 4. The van der Waals surface area contributed by atoms with E-state index >= 15 is 0 Å². The summed E-state index contributed by atoms with van der Waals surface area (Å²) >= 11 is 17.5. The van der Waals surface area contributed by atoms with Crippen molar-refractivity contribution in [2.24, 2.45) is 0 Å². The second-order valence-electron chi connectivity index (χ2n) is 14.7. The van der Waals surface area contributed by atoms with Crippen LogP contribution in [0.2, 0.25) is 10.0 Å². The number of carbonyl (C=O) groups excluding carboxylic acids is 2. The summed E-state index contributed by atoms with van der Waals surface area (Å²) in [7, 11) is 0. The van der Waals surface area contributed by atoms with Gasteiger partial charge >= 0.3 is 5.97 Å². The summed E-state index contributed by atoms with van der Waals surface area (Å²) in [4.78, 5) is 28.7. The molecule has 6 aromatic rings. The molecule has 2 aromatic heterocycles. The number of nitrogens with one attached hydrogen (secondary N) is 2. The van der Waals surface area contributed by atoms with Gasteiger partial charge in [0, 0.05) is 35.3 Å². The van der Waals surface area contributed by atoms with Crippen LogP contribution in [0.5, 0.6) is 0 Å². The largest absolute Gasteiger partial charge is 0.460 e. The Morgan fingerprint density at radius 2 is 1.13 bits per heavy atom. The van der Waals surface area contributed by atoms with Crippen LogP contribution in [0.3, 0.4) is 0 Å². The molecular weight excluding hydrogens is 919 g/mol. The normalized spacial score (nSPS) is 12.1. The van der Waals surface area contributed by atoms with Crippen molar-refractivity contribution in [3.63, 3.8) is 0 Å². The molecule has 0 radical (unpaired) electrons. The molecule has 16 nitrogen and oxygen atoms in total. The zero-order valence-corrected chi connectivity index (χ0v) is 39.5. The molecule has 0 amide bonds. The number of anilines is 2. The number of nitrogens with zero attached hydrogens (tertiary/aromatic N) is 8. The lowest BCUT2D eigenvalue weighted by Gasteiger charge is -2.24. The smallest absolute Gasteiger partial charge is 0.306 e. The molecule has 0 aliphatic heterocycles. The summed E-state index contributed by atoms with van der Waals surface area (Å²) < 4.78 is 17.3. The van der Waals surface area contributed by atoms with Crippen LogP contribution in [0.4, 0.5) is 22.7 Å². The van der Waals surface area contributed by atoms with E-state index in [1.807, 2.05) is 13.8 Å². The molecule has 67 heavy (non-hydrogen) atoms. The minimum Gasteiger partial charge on any atom is -0.460 e. The number of hydrogen-bond donors (Lipinski definition) is 3. The number of aromatic nitrogens is 4. The van der Waals surface area contributed by atoms with Crippen molar-refractivity contribution in [2.75, 3.05) is 10.6 Å². The minimum atomic E-state index is -0.840. The first kappa shape index (κ1) is 52.3. The summed E-state index contributed by atoms with van der Waals surface area (Å²) in [6.07, 6.45) is 0.830. The minimum absolute atomic E-state index is 0.208. The number of aliphatic hydroxyl groups excluding tert-OH is 1. The summed E-state index contributed by atoms with van der Waals surface area (Å²) in [6.45, 7) is 25.1. The van der Waals surface area contributed by atoms with Gasteiger partial charge in [0.15, 0.2) is 0 Å². The third kappa shape index (κ3) is 14.3. The van der Waals surface area contributed by atoms with Crippen molar-refractivity contribution < 1.29 is 28.3 Å². The molecule has 0 aliphatic carbocycles. The van der Waals surface area contributed by atoms with Crippen LogP contribution in [0.1, 0.15) is 99.5 Å². The van der Waals surface area contributed by atoms with Crippen LogP contribution in [0.15, 0.2) is 81.6 Å². The third-order valence-corrected chi connectivity index (χ3v) is 10.8. The molecule has 0 fully saturated rings. The maximum atomic E-state index is 12.1. The lowest BCUT2D eigenvalue weighted by atomic mass is 10.1. The van der Waals surface area contributed by atoms with E-state index in [4.69, 9.17) is 72.0 Å². The van der Waals surface area contributed by atoms with E-state index in [2.05, 4.69) is 52.9 Å². The number of hydrogen-bond acceptors (Lipinski definition) is 14. The Labute approximate surface area is 403 Å². The van der Waals surface area contributed by atoms with Gasteiger partial charge in [-0.25, -0.2) is 9.69 Å². The van der Waals surface area contributed by atoms with Crippen LogP contribution >= 0.6 is 34.8 Å². The van der Waals surface area contributed by atoms with E-state index in [0.29, 0.717) is 85.4 Å². The van der Waals surface area contributed by atoms with Gasteiger partial charge in [-0.15, -0.1) is 20.4 Å². The SMILES string of the molecule is CCCC(=O)Cl.[C-]#[N+]c1ccc(N[C@@H](c2nnc(-c3ccc(C#N)cc3)o2)[C@H](C)O)c(C)c1Cl.[C-]#[N+]c1ccc(N[C@@H](c2nnc(-c3ccc(C#N)cc3)o2)[C@H](C)OC(=O)CCC)c(C)c1Cl. The monoisotopic (exact) mass is 962 g/mol. The molecule has 0 saturated heterocycles. The number of halogens is 3. The second kappa shape index (κ2) is 25.4. The second-order valence-corrected chi connectivity index (χ2v) is 15.8. The number of nitriles is 2. The molecule has 0 saturated carbocycles. The standard InChI is InChI=1S/C24H22ClN5O3.C20H16ClN5O2.C4H7ClO/c1-5-6-20(31)32-15(3)22(28-18-11-12-19(27-4)21(25)14(18)2)24-30-29-23(33-24)17-9-7-16(13-26)8-10-17;1-11-15(8-9-16(23-3)17(11)21)24-18(12(2)27)20-26-25-19(28-20)14-6-4-13(10-22)5-7-14;1-2-3-4(5)6/h7-12,15,22,28H,5-6H2,1-3H3;4-9,12,18,24,27H,1-2H3;2-3H2,1H3/t15-,22+;12-,18+;/m00./s1. The van der Waals surface area contributed by atoms with Crippen LogP contribution in [-0.2, 0) is 14.3 Å². The van der Waals surface area contributed by atoms with Gasteiger partial charge in [-0.2, -0.15) is 10.5 Å². The van der Waals surface area contributed by atoms with E-state index in [1.54, 1.807) is 100 Å². The number of ether oxygens (including phenoxy) is 1. The number of aliphatic hydroxyl groups is 1. The molecule has 344 valence electrons. The van der Waals surface area contributed by atoms with E-state index < -0.39 is 24.3 Å². The molecule has 4 aromatic carbocycles. The Morgan fingerprint density at radius 1 is 0.716 bits per heavy atom. The topological polar surface area (TPSA) is 222 Å². The van der Waals surface area contributed by atoms with Crippen molar-refractivity contribution in [3.8, 4) is 35.0 Å². The molecular formula is C48H45Cl3N10O6. The van der Waals surface area contributed by atoms with Crippen LogP contribution in [0, 0.1) is 49.7 Å². The summed E-state index contributed by atoms with van der Waals surface area (Å²) in [6, 6.07) is 23.0. The predicted molar refractivity (Wildman–Crippen MR) is 254 cm³/mol. The fraction of sp³-hybridized carbons (Fsp3) is 0.292. The van der Waals surface area contributed by atoms with Gasteiger partial charge in [-0.1, -0.05) is 49.2 Å². The molecule has 0 unspecified atom stereocenters. The highest BCUT2D eigenvalue weighted by Crippen LogP contribution is 2.37. The molecule has 0 aliphatic rings. The summed E-state index contributed by atoms with van der Waals surface area (Å²) in [5, 5.41) is 51.4. The fourth-order valence-corrected chi connectivity index (χ4v) is 6.60. The molecule has 2 heterocycles. The predicted octanol–water partition coefficient (Wildman–Crippen LogP) is 12.2. The third-order valence-electron chi connectivity index (χ3n) is 9.70. The summed E-state index contributed by atoms with van der Waals surface area (Å²) in [5.41, 5.74) is 5.74. The molecule has 0 bridgehead atoms. The number of carbonyl (C=O) groups is 2. The van der Waals surface area contributed by atoms with Crippen molar-refractivity contribution in [2.45, 2.75) is 91.5 Å². The molecule has 19 heteroatoms. The van der Waals surface area contributed by atoms with Crippen molar-refractivity contribution in [1.82, 2.24) is 20.4 Å². The Balaban J connectivity index is 0.000000263. The van der Waals surface area contributed by atoms with E-state index in [9.17, 15) is 14.7 Å². The Hall–Kier alpha value is -7.31. The average molecular weight is 964 g/mol. The number of rotatable bonds is 15. The Morgan fingerprint density at radius 3 is 1.49 bits per heavy atom. The van der Waals surface area contributed by atoms with E-state index in [1.165, 1.54) is 0 Å². The summed E-state index contributed by atoms with van der Waals surface area (Å²) in [5.74, 6) is 0.647. The molecule has 3 N–H and O–H groups in total. The molecule has 4 atom stereocenters. The maximum absolute atomic E-state index is 12.1. The maximum Gasteiger partial charge on any atom is 0.306 e. The van der Waals surface area contributed by atoms with E-state index in [0.717, 1.165) is 6.42 Å². The average Bonchev–Trinajstić information content (AvgIpc) is 4.02. The first-order valence-electron chi connectivity index (χ1n) is 20.7. The first-order chi connectivity index (χ1) is 32.1. The highest BCUT2D eigenvalue weighted by atomic mass is 35.5. The fourth-order valence-electron chi connectivity index (χ4n) is 5.99. The highest BCUT2D eigenvalue weighted by molar-refractivity contribution is 6.63. The van der Waals surface area contributed by atoms with Crippen molar-refractivity contribution in [1.29, 1.82) is 10.5 Å². The zero-order valence-electron chi connectivity index (χ0n) is 37.3. The van der Waals surface area contributed by atoms with Crippen LogP contribution in [0.25, 0.3) is 32.6 Å². The van der Waals surface area contributed by atoms with E-state index in [-0.39, 0.29) is 34.8 Å². The van der Waals surface area contributed by atoms with Gasteiger partial charge in [-0.05, 0) is 124 Å². The quantitative estimate of drug-likeness (QED) is 0.0495. The number of esters is 1. The lowest BCUT2D eigenvalue weighted by molar-refractivity contribution is -0.149. The van der Waals surface area contributed by atoms with Gasteiger partial charge in [0.25, 0.3) is 0 Å². The highest BCUT2D eigenvalue weighted by Gasteiger charge is 2.30. The Kier molecular flexibility index (Phi) is 19.8. The van der Waals surface area contributed by atoms with Crippen molar-refractivity contribution >= 4 is 68.8 Å². The molecule has 0 spiro atoms. The Bertz CT molecular complexity index is 2820. The van der Waals surface area contributed by atoms with Gasteiger partial charge in [-0.3, -0.25) is 9.59 Å². The van der Waals surface area contributed by atoms with Gasteiger partial charge in [0.1, 0.15) is 18.2 Å². The zero-order chi connectivity index (χ0) is 49.2. The van der Waals surface area contributed by atoms with Gasteiger partial charge in [0.2, 0.25) is 40.2 Å². The van der Waals surface area contributed by atoms with Crippen LogP contribution in [-0.4, -0.2) is 48.9 Å². The molecule has 6 rings (SSSR count). The lowest BCUT2D eigenvalue weighted by Crippen LogP contribution is -2.28. The van der Waals surface area contributed by atoms with Crippen LogP contribution < -0.4 is 10.6 Å². The van der Waals surface area contributed by atoms with Crippen molar-refractivity contribution in [3.05, 3.63) is 140 Å².